The van der Waals surface area contributed by atoms with E-state index in [-0.39, 0.29) is 8.83 Å². The quantitative estimate of drug-likeness (QED) is 0.524. The summed E-state index contributed by atoms with van der Waals surface area (Å²) in [6.07, 6.45) is 0. The molecule has 0 aliphatic carbocycles. The van der Waals surface area contributed by atoms with E-state index in [1.165, 1.54) is 6.07 Å². The molecule has 2 N–H and O–H groups in total. The van der Waals surface area contributed by atoms with Gasteiger partial charge in [-0.1, -0.05) is 50.2 Å². The van der Waals surface area contributed by atoms with Crippen molar-refractivity contribution in [2.75, 3.05) is 0 Å². The maximum Gasteiger partial charge on any atom is 0.270 e. The molecule has 4 nitrogen and oxygen atoms in total. The molecule has 98 valence electrons. The van der Waals surface area contributed by atoms with Gasteiger partial charge in [0.15, 0.2) is 0 Å². The standard InChI is InChI=1S/C10H9ClN2O2S.C2H6/c11-13(12)16(14,15)10-7-3-5-8-4-1-2-6-9(8)10;1-2/h1-7H,12H2;1-2H3. The Labute approximate surface area is 112 Å². The van der Waals surface area contributed by atoms with Crippen LogP contribution in [0.3, 0.4) is 0 Å². The van der Waals surface area contributed by atoms with Crippen molar-refractivity contribution in [1.82, 2.24) is 3.93 Å². The van der Waals surface area contributed by atoms with Crippen LogP contribution in [0.2, 0.25) is 0 Å². The molecule has 0 radical (unpaired) electrons. The first-order valence-corrected chi connectivity index (χ1v) is 7.25. The average Bonchev–Trinajstić information content (AvgIpc) is 2.40. The second-order valence-corrected chi connectivity index (χ2v) is 5.57. The van der Waals surface area contributed by atoms with Crippen LogP contribution in [0.5, 0.6) is 0 Å². The van der Waals surface area contributed by atoms with Gasteiger partial charge in [-0.3, -0.25) is 0 Å². The molecule has 0 bridgehead atoms. The first-order chi connectivity index (χ1) is 8.53. The van der Waals surface area contributed by atoms with E-state index in [9.17, 15) is 8.42 Å². The Morgan fingerprint density at radius 3 is 2.22 bits per heavy atom. The third-order valence-electron chi connectivity index (χ3n) is 2.26. The topological polar surface area (TPSA) is 63.4 Å². The van der Waals surface area contributed by atoms with Crippen molar-refractivity contribution in [3.05, 3.63) is 42.5 Å². The van der Waals surface area contributed by atoms with E-state index in [0.717, 1.165) is 5.39 Å². The van der Waals surface area contributed by atoms with E-state index < -0.39 is 10.0 Å². The highest BCUT2D eigenvalue weighted by Gasteiger charge is 2.21. The first kappa shape index (κ1) is 14.9. The number of nitrogens with zero attached hydrogens (tertiary/aromatic N) is 1. The minimum atomic E-state index is -3.83. The number of hydrazine groups is 1. The lowest BCUT2D eigenvalue weighted by Gasteiger charge is -2.10. The summed E-state index contributed by atoms with van der Waals surface area (Å²) in [5, 5.41) is 1.42. The van der Waals surface area contributed by atoms with Crippen LogP contribution < -0.4 is 5.84 Å². The minimum absolute atomic E-state index is 0.100. The van der Waals surface area contributed by atoms with Crippen LogP contribution in [0.15, 0.2) is 47.4 Å². The third kappa shape index (κ3) is 2.81. The fourth-order valence-electron chi connectivity index (χ4n) is 1.51. The van der Waals surface area contributed by atoms with E-state index in [0.29, 0.717) is 5.39 Å². The zero-order valence-corrected chi connectivity index (χ0v) is 11.7. The molecule has 0 fully saturated rings. The highest BCUT2D eigenvalue weighted by molar-refractivity contribution is 7.90. The fourth-order valence-corrected chi connectivity index (χ4v) is 2.64. The second kappa shape index (κ2) is 6.15. The van der Waals surface area contributed by atoms with E-state index in [4.69, 9.17) is 17.6 Å². The van der Waals surface area contributed by atoms with E-state index in [2.05, 4.69) is 0 Å². The van der Waals surface area contributed by atoms with Crippen LogP contribution in [-0.4, -0.2) is 12.4 Å². The van der Waals surface area contributed by atoms with Crippen LogP contribution in [0.4, 0.5) is 0 Å². The SMILES string of the molecule is CC.NN(Cl)S(=O)(=O)c1cccc2ccccc12. The molecule has 2 aromatic carbocycles. The molecule has 0 aliphatic rings. The molecule has 2 rings (SSSR count). The molecule has 0 saturated carbocycles. The average molecular weight is 287 g/mol. The van der Waals surface area contributed by atoms with Crippen LogP contribution >= 0.6 is 11.8 Å². The highest BCUT2D eigenvalue weighted by atomic mass is 35.5. The minimum Gasteiger partial charge on any atom is -0.240 e. The van der Waals surface area contributed by atoms with Gasteiger partial charge in [-0.2, -0.15) is 0 Å². The smallest absolute Gasteiger partial charge is 0.240 e. The molecular formula is C12H15ClN2O2S. The lowest BCUT2D eigenvalue weighted by Crippen LogP contribution is -2.28. The van der Waals surface area contributed by atoms with Crippen LogP contribution in [0, 0.1) is 0 Å². The third-order valence-corrected chi connectivity index (χ3v) is 4.17. The van der Waals surface area contributed by atoms with Gasteiger partial charge in [-0.25, -0.2) is 14.3 Å². The van der Waals surface area contributed by atoms with Gasteiger partial charge in [0.2, 0.25) is 0 Å². The summed E-state index contributed by atoms with van der Waals surface area (Å²) in [7, 11) is -3.83. The number of hydrogen-bond acceptors (Lipinski definition) is 3. The van der Waals surface area contributed by atoms with Gasteiger partial charge in [0.1, 0.15) is 0 Å². The number of rotatable bonds is 2. The van der Waals surface area contributed by atoms with Crippen molar-refractivity contribution in [3.63, 3.8) is 0 Å². The Hall–Kier alpha value is -1.14. The number of fused-ring (bicyclic) bond motifs is 1. The molecule has 0 atom stereocenters. The van der Waals surface area contributed by atoms with Crippen LogP contribution in [0.25, 0.3) is 10.8 Å². The highest BCUT2D eigenvalue weighted by Crippen LogP contribution is 2.24. The summed E-state index contributed by atoms with van der Waals surface area (Å²) in [6, 6.07) is 12.1. The number of sulfonamides is 1. The molecule has 6 heteroatoms. The summed E-state index contributed by atoms with van der Waals surface area (Å²) >= 11 is 5.33. The van der Waals surface area contributed by atoms with Gasteiger partial charge in [-0.05, 0) is 15.4 Å². The zero-order chi connectivity index (χ0) is 13.8. The molecule has 0 unspecified atom stereocenters. The Morgan fingerprint density at radius 1 is 1.06 bits per heavy atom. The number of hydrogen-bond donors (Lipinski definition) is 1. The predicted molar refractivity (Wildman–Crippen MR) is 74.4 cm³/mol. The van der Waals surface area contributed by atoms with Crippen LogP contribution in [0.1, 0.15) is 13.8 Å². The summed E-state index contributed by atoms with van der Waals surface area (Å²) < 4.78 is 23.8. The van der Waals surface area contributed by atoms with Crippen molar-refractivity contribution in [2.24, 2.45) is 5.84 Å². The molecule has 0 aromatic heterocycles. The fraction of sp³-hybridized carbons (Fsp3) is 0.167. The zero-order valence-electron chi connectivity index (χ0n) is 10.2. The molecular weight excluding hydrogens is 272 g/mol. The van der Waals surface area contributed by atoms with Crippen molar-refractivity contribution in [3.8, 4) is 0 Å². The number of benzene rings is 2. The molecule has 0 spiro atoms. The van der Waals surface area contributed by atoms with E-state index in [1.807, 2.05) is 32.0 Å². The maximum absolute atomic E-state index is 11.8. The molecule has 0 saturated heterocycles. The van der Waals surface area contributed by atoms with Gasteiger partial charge < -0.3 is 0 Å². The van der Waals surface area contributed by atoms with Gasteiger partial charge in [-0.15, -0.1) is 0 Å². The first-order valence-electron chi connectivity index (χ1n) is 5.47. The Balaban J connectivity index is 0.000000771. The van der Waals surface area contributed by atoms with Crippen LogP contribution in [-0.2, 0) is 10.0 Å². The van der Waals surface area contributed by atoms with Crippen molar-refractivity contribution in [2.45, 2.75) is 18.7 Å². The Kier molecular flexibility index (Phi) is 5.10. The largest absolute Gasteiger partial charge is 0.270 e. The van der Waals surface area contributed by atoms with Gasteiger partial charge in [0.05, 0.1) is 4.90 Å². The van der Waals surface area contributed by atoms with Gasteiger partial charge in [0.25, 0.3) is 10.0 Å². The molecule has 2 aromatic rings. The summed E-state index contributed by atoms with van der Waals surface area (Å²) in [5.41, 5.74) is 0. The number of halogens is 1. The normalized spacial score (nSPS) is 11.2. The molecule has 0 amide bonds. The van der Waals surface area contributed by atoms with Gasteiger partial charge >= 0.3 is 0 Å². The monoisotopic (exact) mass is 286 g/mol. The molecule has 0 aliphatic heterocycles. The Morgan fingerprint density at radius 2 is 1.61 bits per heavy atom. The second-order valence-electron chi connectivity index (χ2n) is 3.22. The summed E-state index contributed by atoms with van der Waals surface area (Å²) in [5.74, 6) is 5.10. The van der Waals surface area contributed by atoms with Crippen molar-refractivity contribution < 1.29 is 8.42 Å². The van der Waals surface area contributed by atoms with E-state index in [1.54, 1.807) is 18.2 Å². The summed E-state index contributed by atoms with van der Waals surface area (Å²) in [6.45, 7) is 4.00. The molecule has 0 heterocycles. The summed E-state index contributed by atoms with van der Waals surface area (Å²) in [4.78, 5) is 0.100. The maximum atomic E-state index is 11.8. The van der Waals surface area contributed by atoms with Crippen molar-refractivity contribution in [1.29, 1.82) is 0 Å². The lowest BCUT2D eigenvalue weighted by atomic mass is 10.1. The molecule has 18 heavy (non-hydrogen) atoms. The lowest BCUT2D eigenvalue weighted by molar-refractivity contribution is 0.546. The number of nitrogens with two attached hydrogens (primary N) is 1. The van der Waals surface area contributed by atoms with Crippen molar-refractivity contribution >= 4 is 32.6 Å². The van der Waals surface area contributed by atoms with E-state index >= 15 is 0 Å². The van der Waals surface area contributed by atoms with Gasteiger partial charge in [0, 0.05) is 17.2 Å². The Bertz CT molecular complexity index is 622. The predicted octanol–water partition coefficient (Wildman–Crippen LogP) is 2.88.